The van der Waals surface area contributed by atoms with Crippen LogP contribution in [0.2, 0.25) is 0 Å². The number of carbonyl (C=O) groups is 2. The van der Waals surface area contributed by atoms with Gasteiger partial charge in [0, 0.05) is 23.8 Å². The summed E-state index contributed by atoms with van der Waals surface area (Å²) >= 11 is 0. The third-order valence-electron chi connectivity index (χ3n) is 5.68. The molecule has 3 aromatic rings. The maximum Gasteiger partial charge on any atom is 0.255 e. The van der Waals surface area contributed by atoms with Crippen molar-refractivity contribution in [2.24, 2.45) is 0 Å². The number of hydrogen-bond acceptors (Lipinski definition) is 6. The van der Waals surface area contributed by atoms with E-state index in [9.17, 15) is 9.59 Å². The highest BCUT2D eigenvalue weighted by Gasteiger charge is 2.16. The first kappa shape index (κ1) is 28.1. The zero-order chi connectivity index (χ0) is 27.3. The number of unbranched alkanes of at least 4 members (excludes halogenated alkanes) is 2. The molecule has 3 rings (SSSR count). The van der Waals surface area contributed by atoms with Crippen molar-refractivity contribution in [3.63, 3.8) is 0 Å². The lowest BCUT2D eigenvalue weighted by molar-refractivity contribution is -0.111. The van der Waals surface area contributed by atoms with Crippen molar-refractivity contribution in [2.75, 3.05) is 38.6 Å². The Morgan fingerprint density at radius 2 is 1.42 bits per heavy atom. The highest BCUT2D eigenvalue weighted by molar-refractivity contribution is 6.06. The second-order valence-electron chi connectivity index (χ2n) is 8.36. The predicted molar refractivity (Wildman–Crippen MR) is 150 cm³/mol. The van der Waals surface area contributed by atoms with Gasteiger partial charge in [-0.15, -0.1) is 0 Å². The molecule has 38 heavy (non-hydrogen) atoms. The van der Waals surface area contributed by atoms with Crippen molar-refractivity contribution in [3.05, 3.63) is 77.9 Å². The third kappa shape index (κ3) is 7.77. The Hall–Kier alpha value is -4.46. The highest BCUT2D eigenvalue weighted by atomic mass is 16.5. The summed E-state index contributed by atoms with van der Waals surface area (Å²) in [6.07, 6.45) is 6.31. The summed E-state index contributed by atoms with van der Waals surface area (Å²) in [5, 5.41) is 5.62. The minimum absolute atomic E-state index is 0.293. The van der Waals surface area contributed by atoms with Gasteiger partial charge in [0.15, 0.2) is 11.5 Å². The average Bonchev–Trinajstić information content (AvgIpc) is 2.95. The van der Waals surface area contributed by atoms with E-state index in [0.717, 1.165) is 24.8 Å². The van der Waals surface area contributed by atoms with Crippen LogP contribution < -0.4 is 29.6 Å². The molecule has 0 aliphatic carbocycles. The normalized spacial score (nSPS) is 10.6. The molecule has 0 unspecified atom stereocenters. The first-order valence-corrected chi connectivity index (χ1v) is 12.4. The molecule has 0 aliphatic rings. The summed E-state index contributed by atoms with van der Waals surface area (Å²) in [5.74, 6) is 1.34. The summed E-state index contributed by atoms with van der Waals surface area (Å²) in [5.41, 5.74) is 2.09. The minimum Gasteiger partial charge on any atom is -0.494 e. The van der Waals surface area contributed by atoms with Gasteiger partial charge in [0.05, 0.1) is 39.3 Å². The molecular weight excluding hydrogens is 484 g/mol. The Balaban J connectivity index is 1.71. The van der Waals surface area contributed by atoms with Crippen molar-refractivity contribution >= 4 is 29.3 Å². The van der Waals surface area contributed by atoms with E-state index < -0.39 is 0 Å². The van der Waals surface area contributed by atoms with Crippen LogP contribution in [0.15, 0.2) is 66.7 Å². The van der Waals surface area contributed by atoms with Gasteiger partial charge < -0.3 is 29.6 Å². The van der Waals surface area contributed by atoms with E-state index in [1.807, 2.05) is 24.3 Å². The Bertz CT molecular complexity index is 1260. The molecule has 0 spiro atoms. The zero-order valence-electron chi connectivity index (χ0n) is 22.2. The van der Waals surface area contributed by atoms with E-state index in [1.54, 1.807) is 49.6 Å². The number of ether oxygens (including phenoxy) is 4. The summed E-state index contributed by atoms with van der Waals surface area (Å²) < 4.78 is 22.2. The van der Waals surface area contributed by atoms with Crippen molar-refractivity contribution in [1.82, 2.24) is 0 Å². The molecule has 0 radical (unpaired) electrons. The minimum atomic E-state index is -0.370. The summed E-state index contributed by atoms with van der Waals surface area (Å²) in [6, 6.07) is 17.5. The van der Waals surface area contributed by atoms with Gasteiger partial charge in [-0.1, -0.05) is 44.0 Å². The quantitative estimate of drug-likeness (QED) is 0.207. The largest absolute Gasteiger partial charge is 0.494 e. The molecule has 8 nitrogen and oxygen atoms in total. The Labute approximate surface area is 223 Å². The molecule has 3 aromatic carbocycles. The lowest BCUT2D eigenvalue weighted by Gasteiger charge is -2.16. The number of carbonyl (C=O) groups excluding carboxylic acids is 2. The summed E-state index contributed by atoms with van der Waals surface area (Å²) in [7, 11) is 4.55. The third-order valence-corrected chi connectivity index (χ3v) is 5.68. The van der Waals surface area contributed by atoms with E-state index in [0.29, 0.717) is 46.5 Å². The van der Waals surface area contributed by atoms with Crippen molar-refractivity contribution in [3.8, 4) is 23.0 Å². The van der Waals surface area contributed by atoms with E-state index in [1.165, 1.54) is 20.3 Å². The first-order chi connectivity index (χ1) is 18.5. The van der Waals surface area contributed by atoms with Gasteiger partial charge in [0.25, 0.3) is 5.91 Å². The van der Waals surface area contributed by atoms with Gasteiger partial charge in [-0.05, 0) is 42.3 Å². The Morgan fingerprint density at radius 1 is 0.763 bits per heavy atom. The van der Waals surface area contributed by atoms with Crippen molar-refractivity contribution < 1.29 is 28.5 Å². The van der Waals surface area contributed by atoms with E-state index in [4.69, 9.17) is 18.9 Å². The van der Waals surface area contributed by atoms with Crippen LogP contribution >= 0.6 is 0 Å². The Kier molecular flexibility index (Phi) is 10.6. The lowest BCUT2D eigenvalue weighted by Crippen LogP contribution is -2.14. The van der Waals surface area contributed by atoms with Crippen LogP contribution in [0.5, 0.6) is 23.0 Å². The summed E-state index contributed by atoms with van der Waals surface area (Å²) in [6.45, 7) is 2.77. The molecular formula is C30H34N2O6. The fraction of sp³-hybridized carbons (Fsp3) is 0.267. The molecule has 0 atom stereocenters. The van der Waals surface area contributed by atoms with Crippen LogP contribution in [0, 0.1) is 0 Å². The smallest absolute Gasteiger partial charge is 0.255 e. The SMILES string of the molecule is CCCCCOc1ccc(/C=C/C(=O)Nc2cc(OC)c(NC(=O)c3ccccc3)cc2OC)cc1OC. The Morgan fingerprint density at radius 3 is 2.05 bits per heavy atom. The molecule has 0 aliphatic heterocycles. The van der Waals surface area contributed by atoms with Crippen LogP contribution in [0.4, 0.5) is 11.4 Å². The van der Waals surface area contributed by atoms with Crippen LogP contribution in [-0.4, -0.2) is 39.8 Å². The number of methoxy groups -OCH3 is 3. The van der Waals surface area contributed by atoms with Gasteiger partial charge in [0.2, 0.25) is 5.91 Å². The molecule has 2 amide bonds. The van der Waals surface area contributed by atoms with E-state index >= 15 is 0 Å². The lowest BCUT2D eigenvalue weighted by atomic mass is 10.1. The number of anilines is 2. The predicted octanol–water partition coefficient (Wildman–Crippen LogP) is 6.19. The number of amides is 2. The topological polar surface area (TPSA) is 95.1 Å². The molecule has 8 heteroatoms. The number of hydrogen-bond donors (Lipinski definition) is 2. The van der Waals surface area contributed by atoms with Crippen LogP contribution in [-0.2, 0) is 4.79 Å². The number of rotatable bonds is 13. The molecule has 0 fully saturated rings. The average molecular weight is 519 g/mol. The fourth-order valence-corrected chi connectivity index (χ4v) is 3.66. The monoisotopic (exact) mass is 518 g/mol. The molecule has 2 N–H and O–H groups in total. The van der Waals surface area contributed by atoms with Crippen LogP contribution in [0.1, 0.15) is 42.1 Å². The van der Waals surface area contributed by atoms with Gasteiger partial charge in [-0.2, -0.15) is 0 Å². The first-order valence-electron chi connectivity index (χ1n) is 12.4. The molecule has 0 heterocycles. The van der Waals surface area contributed by atoms with Gasteiger partial charge in [0.1, 0.15) is 11.5 Å². The summed E-state index contributed by atoms with van der Waals surface area (Å²) in [4.78, 5) is 25.3. The second kappa shape index (κ2) is 14.3. The van der Waals surface area contributed by atoms with Gasteiger partial charge >= 0.3 is 0 Å². The van der Waals surface area contributed by atoms with Crippen molar-refractivity contribution in [1.29, 1.82) is 0 Å². The second-order valence-corrected chi connectivity index (χ2v) is 8.36. The van der Waals surface area contributed by atoms with Gasteiger partial charge in [-0.25, -0.2) is 0 Å². The van der Waals surface area contributed by atoms with Crippen LogP contribution in [0.3, 0.4) is 0 Å². The molecule has 0 aromatic heterocycles. The van der Waals surface area contributed by atoms with E-state index in [2.05, 4.69) is 17.6 Å². The molecule has 0 saturated heterocycles. The highest BCUT2D eigenvalue weighted by Crippen LogP contribution is 2.37. The van der Waals surface area contributed by atoms with Crippen molar-refractivity contribution in [2.45, 2.75) is 26.2 Å². The number of benzene rings is 3. The maximum absolute atomic E-state index is 12.7. The zero-order valence-corrected chi connectivity index (χ0v) is 22.2. The fourth-order valence-electron chi connectivity index (χ4n) is 3.66. The van der Waals surface area contributed by atoms with Gasteiger partial charge in [-0.3, -0.25) is 9.59 Å². The molecule has 200 valence electrons. The van der Waals surface area contributed by atoms with E-state index in [-0.39, 0.29) is 11.8 Å². The molecule has 0 saturated carbocycles. The molecule has 0 bridgehead atoms. The number of nitrogens with one attached hydrogen (secondary N) is 2. The standard InChI is InChI=1S/C30H34N2O6/c1-5-6-10-17-38-25-15-13-21(18-28(25)37-4)14-16-29(33)31-23-19-27(36-3)24(20-26(23)35-2)32-30(34)22-11-8-7-9-12-22/h7-9,11-16,18-20H,5-6,10,17H2,1-4H3,(H,31,33)(H,32,34)/b16-14+. The van der Waals surface area contributed by atoms with Crippen LogP contribution in [0.25, 0.3) is 6.08 Å². The maximum atomic E-state index is 12.7.